The molecule has 0 bridgehead atoms. The number of fused-ring (bicyclic) bond motifs is 1. The molecule has 5 heteroatoms. The van der Waals surface area contributed by atoms with Gasteiger partial charge in [-0.3, -0.25) is 4.79 Å². The maximum atomic E-state index is 12.5. The monoisotopic (exact) mass is 360 g/mol. The first-order chi connectivity index (χ1) is 13.0. The smallest absolute Gasteiger partial charge is 0.224 e. The fourth-order valence-corrected chi connectivity index (χ4v) is 4.43. The Morgan fingerprint density at radius 3 is 2.63 bits per heavy atom. The van der Waals surface area contributed by atoms with Crippen LogP contribution < -0.4 is 16.0 Å². The molecule has 0 aromatic heterocycles. The predicted molar refractivity (Wildman–Crippen MR) is 107 cm³/mol. The Kier molecular flexibility index (Phi) is 4.27. The summed E-state index contributed by atoms with van der Waals surface area (Å²) < 4.78 is 0. The number of benzene rings is 2. The molecule has 1 heterocycles. The summed E-state index contributed by atoms with van der Waals surface area (Å²) in [6.07, 6.45) is 2.31. The number of hydrogen-bond acceptors (Lipinski definition) is 4. The van der Waals surface area contributed by atoms with Crippen molar-refractivity contribution < 1.29 is 4.79 Å². The number of nitrogens with two attached hydrogens (primary N) is 1. The first-order valence-electron chi connectivity index (χ1n) is 9.46. The fourth-order valence-electron chi connectivity index (χ4n) is 4.43. The molecule has 3 N–H and O–H groups in total. The van der Waals surface area contributed by atoms with Gasteiger partial charge in [0.2, 0.25) is 5.91 Å². The Bertz CT molecular complexity index is 928. The van der Waals surface area contributed by atoms with Crippen LogP contribution in [0.1, 0.15) is 43.9 Å². The molecule has 3 atom stereocenters. The second kappa shape index (κ2) is 6.62. The van der Waals surface area contributed by atoms with Crippen LogP contribution in [0.5, 0.6) is 0 Å². The molecule has 1 fully saturated rings. The Morgan fingerprint density at radius 1 is 1.26 bits per heavy atom. The molecular weight excluding hydrogens is 336 g/mol. The van der Waals surface area contributed by atoms with Crippen LogP contribution >= 0.6 is 0 Å². The third-order valence-electron chi connectivity index (χ3n) is 5.83. The van der Waals surface area contributed by atoms with Gasteiger partial charge in [0.1, 0.15) is 0 Å². The lowest BCUT2D eigenvalue weighted by Crippen LogP contribution is -2.51. The summed E-state index contributed by atoms with van der Waals surface area (Å²) in [7, 11) is 0. The molecule has 1 aliphatic heterocycles. The van der Waals surface area contributed by atoms with Gasteiger partial charge in [-0.05, 0) is 54.7 Å². The SMILES string of the molecule is CC(=O)N1c2ccc(C#N)cc2C(Nc2ccccc2N)C(C)C1C1CC1. The number of hydrogen-bond donors (Lipinski definition) is 2. The van der Waals surface area contributed by atoms with Gasteiger partial charge in [0.25, 0.3) is 0 Å². The molecular formula is C22H24N4O. The van der Waals surface area contributed by atoms with Crippen molar-refractivity contribution in [2.45, 2.75) is 38.8 Å². The molecule has 2 aliphatic rings. The molecule has 1 amide bonds. The van der Waals surface area contributed by atoms with Gasteiger partial charge in [0.05, 0.1) is 29.0 Å². The maximum absolute atomic E-state index is 12.5. The topological polar surface area (TPSA) is 82.2 Å². The normalized spacial score (nSPS) is 24.0. The van der Waals surface area contributed by atoms with E-state index in [9.17, 15) is 10.1 Å². The lowest BCUT2D eigenvalue weighted by molar-refractivity contribution is -0.117. The number of nitrogens with one attached hydrogen (secondary N) is 1. The van der Waals surface area contributed by atoms with Gasteiger partial charge in [-0.2, -0.15) is 5.26 Å². The summed E-state index contributed by atoms with van der Waals surface area (Å²) in [4.78, 5) is 14.5. The van der Waals surface area contributed by atoms with Crippen molar-refractivity contribution in [1.82, 2.24) is 0 Å². The lowest BCUT2D eigenvalue weighted by atomic mass is 9.79. The number of amides is 1. The average molecular weight is 360 g/mol. The molecule has 5 nitrogen and oxygen atoms in total. The summed E-state index contributed by atoms with van der Waals surface area (Å²) in [5.74, 6) is 0.787. The van der Waals surface area contributed by atoms with Crippen LogP contribution in [0.15, 0.2) is 42.5 Å². The van der Waals surface area contributed by atoms with E-state index in [-0.39, 0.29) is 23.9 Å². The highest BCUT2D eigenvalue weighted by Crippen LogP contribution is 2.50. The van der Waals surface area contributed by atoms with E-state index in [0.717, 1.165) is 29.8 Å². The van der Waals surface area contributed by atoms with Crippen LogP contribution in [0, 0.1) is 23.2 Å². The minimum absolute atomic E-state index is 0.0146. The molecule has 138 valence electrons. The number of nitriles is 1. The van der Waals surface area contributed by atoms with Crippen LogP contribution in [-0.4, -0.2) is 11.9 Å². The number of carbonyl (C=O) groups excluding carboxylic acids is 1. The zero-order valence-electron chi connectivity index (χ0n) is 15.6. The van der Waals surface area contributed by atoms with Crippen LogP contribution in [0.25, 0.3) is 0 Å². The van der Waals surface area contributed by atoms with E-state index in [1.54, 1.807) is 13.0 Å². The molecule has 0 radical (unpaired) electrons. The van der Waals surface area contributed by atoms with E-state index < -0.39 is 0 Å². The van der Waals surface area contributed by atoms with Gasteiger partial charge in [-0.25, -0.2) is 0 Å². The summed E-state index contributed by atoms with van der Waals surface area (Å²) in [6.45, 7) is 3.82. The van der Waals surface area contributed by atoms with Crippen molar-refractivity contribution in [3.8, 4) is 6.07 Å². The molecule has 3 unspecified atom stereocenters. The minimum Gasteiger partial charge on any atom is -0.397 e. The number of anilines is 3. The van der Waals surface area contributed by atoms with Crippen molar-refractivity contribution in [2.24, 2.45) is 11.8 Å². The standard InChI is InChI=1S/C22H24N4O/c1-13-21(25-19-6-4-3-5-18(19)24)17-11-15(12-23)7-10-20(17)26(14(2)27)22(13)16-8-9-16/h3-7,10-11,13,16,21-22,25H,8-9,24H2,1-2H3. The summed E-state index contributed by atoms with van der Waals surface area (Å²) in [5.41, 5.74) is 10.2. The quantitative estimate of drug-likeness (QED) is 0.808. The van der Waals surface area contributed by atoms with Gasteiger partial charge in [-0.1, -0.05) is 19.1 Å². The second-order valence-electron chi connectivity index (χ2n) is 7.67. The van der Waals surface area contributed by atoms with Crippen LogP contribution in [0.4, 0.5) is 17.1 Å². The molecule has 4 rings (SSSR count). The number of carbonyl (C=O) groups is 1. The Hall–Kier alpha value is -3.00. The van der Waals surface area contributed by atoms with Gasteiger partial charge in [0.15, 0.2) is 0 Å². The minimum atomic E-state index is -0.0146. The van der Waals surface area contributed by atoms with Crippen molar-refractivity contribution >= 4 is 23.0 Å². The maximum Gasteiger partial charge on any atom is 0.224 e. The van der Waals surface area contributed by atoms with Crippen LogP contribution in [0.3, 0.4) is 0 Å². The Morgan fingerprint density at radius 2 is 2.00 bits per heavy atom. The molecule has 27 heavy (non-hydrogen) atoms. The Labute approximate surface area is 159 Å². The largest absolute Gasteiger partial charge is 0.397 e. The summed E-state index contributed by atoms with van der Waals surface area (Å²) >= 11 is 0. The van der Waals surface area contributed by atoms with Crippen molar-refractivity contribution in [3.05, 3.63) is 53.6 Å². The zero-order valence-corrected chi connectivity index (χ0v) is 15.6. The van der Waals surface area contributed by atoms with E-state index in [4.69, 9.17) is 5.73 Å². The van der Waals surface area contributed by atoms with Gasteiger partial charge >= 0.3 is 0 Å². The third-order valence-corrected chi connectivity index (χ3v) is 5.83. The number of nitrogens with zero attached hydrogens (tertiary/aromatic N) is 2. The number of para-hydroxylation sites is 2. The second-order valence-corrected chi connectivity index (χ2v) is 7.67. The summed E-state index contributed by atoms with van der Waals surface area (Å²) in [6, 6.07) is 15.7. The zero-order chi connectivity index (χ0) is 19.1. The van der Waals surface area contributed by atoms with Crippen molar-refractivity contribution in [1.29, 1.82) is 5.26 Å². The first kappa shape index (κ1) is 17.4. The summed E-state index contributed by atoms with van der Waals surface area (Å²) in [5, 5.41) is 13.0. The molecule has 2 aromatic carbocycles. The number of rotatable bonds is 3. The third kappa shape index (κ3) is 3.02. The Balaban J connectivity index is 1.84. The molecule has 1 aliphatic carbocycles. The van der Waals surface area contributed by atoms with E-state index in [1.807, 2.05) is 41.3 Å². The van der Waals surface area contributed by atoms with Crippen LogP contribution in [0.2, 0.25) is 0 Å². The first-order valence-corrected chi connectivity index (χ1v) is 9.46. The highest BCUT2D eigenvalue weighted by Gasteiger charge is 2.47. The van der Waals surface area contributed by atoms with E-state index in [1.165, 1.54) is 0 Å². The van der Waals surface area contributed by atoms with Crippen LogP contribution in [-0.2, 0) is 4.79 Å². The van der Waals surface area contributed by atoms with E-state index >= 15 is 0 Å². The number of nitrogen functional groups attached to an aromatic ring is 1. The van der Waals surface area contributed by atoms with Gasteiger partial charge in [-0.15, -0.1) is 0 Å². The van der Waals surface area contributed by atoms with Crippen molar-refractivity contribution in [3.63, 3.8) is 0 Å². The average Bonchev–Trinajstić information content (AvgIpc) is 3.49. The van der Waals surface area contributed by atoms with Gasteiger partial charge < -0.3 is 16.0 Å². The predicted octanol–water partition coefficient (Wildman–Crippen LogP) is 4.07. The van der Waals surface area contributed by atoms with E-state index in [2.05, 4.69) is 18.3 Å². The molecule has 0 spiro atoms. The van der Waals surface area contributed by atoms with E-state index in [0.29, 0.717) is 17.2 Å². The fraction of sp³-hybridized carbons (Fsp3) is 0.364. The highest BCUT2D eigenvalue weighted by molar-refractivity contribution is 5.94. The molecule has 0 saturated heterocycles. The van der Waals surface area contributed by atoms with Crippen molar-refractivity contribution in [2.75, 3.05) is 16.0 Å². The van der Waals surface area contributed by atoms with Gasteiger partial charge in [0, 0.05) is 24.6 Å². The lowest BCUT2D eigenvalue weighted by Gasteiger charge is -2.46. The molecule has 1 saturated carbocycles. The highest BCUT2D eigenvalue weighted by atomic mass is 16.2. The molecule has 2 aromatic rings.